The molecule has 0 bridgehead atoms. The van der Waals surface area contributed by atoms with Gasteiger partial charge in [-0.1, -0.05) is 23.5 Å². The molecular weight excluding hydrogens is 419 g/mol. The number of anilines is 1. The summed E-state index contributed by atoms with van der Waals surface area (Å²) in [5.41, 5.74) is -0.495. The summed E-state index contributed by atoms with van der Waals surface area (Å²) in [4.78, 5) is 39.1. The van der Waals surface area contributed by atoms with Crippen molar-refractivity contribution >= 4 is 28.3 Å². The maximum Gasteiger partial charge on any atom is 0.417 e. The van der Waals surface area contributed by atoms with Crippen LogP contribution in [0.1, 0.15) is 37.0 Å². The van der Waals surface area contributed by atoms with Gasteiger partial charge >= 0.3 is 6.18 Å². The molecule has 0 radical (unpaired) electrons. The van der Waals surface area contributed by atoms with Gasteiger partial charge in [0.25, 0.3) is 11.8 Å². The molecule has 1 aliphatic rings. The number of hydrogen-bond acceptors (Lipinski definition) is 6. The fourth-order valence-electron chi connectivity index (χ4n) is 3.09. The van der Waals surface area contributed by atoms with E-state index in [2.05, 4.69) is 20.3 Å². The molecule has 3 aromatic rings. The Bertz CT molecular complexity index is 1100. The van der Waals surface area contributed by atoms with Crippen LogP contribution in [0.4, 0.5) is 18.3 Å². The third-order valence-corrected chi connectivity index (χ3v) is 5.50. The summed E-state index contributed by atoms with van der Waals surface area (Å²) in [5, 5.41) is 2.97. The average Bonchev–Trinajstić information content (AvgIpc) is 3.14. The van der Waals surface area contributed by atoms with Gasteiger partial charge < -0.3 is 4.90 Å². The standard InChI is InChI=1S/C19H14F3N5O2S/c20-19(21,22)12-4-2-1-3-11(12)17(29)27-8-5-13-15(10-27)30-18(25-13)26-16(28)14-9-23-6-7-24-14/h1-4,6-7,9H,5,8,10H2,(H,25,26,28). The molecule has 3 heterocycles. The summed E-state index contributed by atoms with van der Waals surface area (Å²) < 4.78 is 39.8. The van der Waals surface area contributed by atoms with Crippen LogP contribution in [0.2, 0.25) is 0 Å². The van der Waals surface area contributed by atoms with E-state index in [1.54, 1.807) is 0 Å². The van der Waals surface area contributed by atoms with Crippen LogP contribution in [0.3, 0.4) is 0 Å². The van der Waals surface area contributed by atoms with Gasteiger partial charge in [-0.05, 0) is 12.1 Å². The molecule has 0 unspecified atom stereocenters. The lowest BCUT2D eigenvalue weighted by molar-refractivity contribution is -0.138. The summed E-state index contributed by atoms with van der Waals surface area (Å²) in [7, 11) is 0. The Balaban J connectivity index is 1.51. The van der Waals surface area contributed by atoms with Crippen LogP contribution >= 0.6 is 11.3 Å². The van der Waals surface area contributed by atoms with Gasteiger partial charge in [-0.25, -0.2) is 9.97 Å². The second kappa shape index (κ2) is 7.82. The number of thiazole rings is 1. The van der Waals surface area contributed by atoms with Crippen LogP contribution in [0, 0.1) is 0 Å². The number of nitrogens with one attached hydrogen (secondary N) is 1. The number of rotatable bonds is 3. The molecule has 4 rings (SSSR count). The Hall–Kier alpha value is -3.34. The smallest absolute Gasteiger partial charge is 0.333 e. The van der Waals surface area contributed by atoms with E-state index in [9.17, 15) is 22.8 Å². The van der Waals surface area contributed by atoms with Crippen molar-refractivity contribution in [3.63, 3.8) is 0 Å². The molecule has 0 aliphatic carbocycles. The SMILES string of the molecule is O=C(Nc1nc2c(s1)CN(C(=O)c1ccccc1C(F)(F)F)CC2)c1cnccn1. The molecule has 0 spiro atoms. The number of amides is 2. The molecule has 1 N–H and O–H groups in total. The zero-order valence-corrected chi connectivity index (χ0v) is 16.1. The van der Waals surface area contributed by atoms with Gasteiger partial charge in [0, 0.05) is 30.2 Å². The molecule has 0 atom stereocenters. The third kappa shape index (κ3) is 4.01. The fourth-order valence-corrected chi connectivity index (χ4v) is 4.11. The van der Waals surface area contributed by atoms with Gasteiger partial charge in [0.15, 0.2) is 5.13 Å². The topological polar surface area (TPSA) is 88.1 Å². The minimum Gasteiger partial charge on any atom is -0.333 e. The number of halogens is 3. The normalized spacial score (nSPS) is 13.6. The number of benzene rings is 1. The Morgan fingerprint density at radius 2 is 1.97 bits per heavy atom. The van der Waals surface area contributed by atoms with E-state index in [1.807, 2.05) is 0 Å². The number of fused-ring (bicyclic) bond motifs is 1. The van der Waals surface area contributed by atoms with Crippen molar-refractivity contribution in [2.75, 3.05) is 11.9 Å². The van der Waals surface area contributed by atoms with Crippen LogP contribution < -0.4 is 5.32 Å². The molecule has 7 nitrogen and oxygen atoms in total. The first-order valence-corrected chi connectivity index (χ1v) is 9.66. The fraction of sp³-hybridized carbons (Fsp3) is 0.211. The van der Waals surface area contributed by atoms with Crippen molar-refractivity contribution in [1.82, 2.24) is 19.9 Å². The molecule has 11 heteroatoms. The summed E-state index contributed by atoms with van der Waals surface area (Å²) in [6.07, 6.45) is -0.0743. The average molecular weight is 433 g/mol. The number of carbonyl (C=O) groups excluding carboxylic acids is 2. The van der Waals surface area contributed by atoms with Crippen molar-refractivity contribution in [2.45, 2.75) is 19.1 Å². The largest absolute Gasteiger partial charge is 0.417 e. The van der Waals surface area contributed by atoms with E-state index in [-0.39, 0.29) is 24.3 Å². The van der Waals surface area contributed by atoms with Crippen LogP contribution in [0.5, 0.6) is 0 Å². The van der Waals surface area contributed by atoms with Gasteiger partial charge in [0.2, 0.25) is 0 Å². The molecule has 154 valence electrons. The monoisotopic (exact) mass is 433 g/mol. The lowest BCUT2D eigenvalue weighted by atomic mass is 10.0. The first kappa shape index (κ1) is 20.0. The molecule has 1 aliphatic heterocycles. The van der Waals surface area contributed by atoms with E-state index in [4.69, 9.17) is 0 Å². The van der Waals surface area contributed by atoms with Gasteiger partial charge in [0.1, 0.15) is 5.69 Å². The molecular formula is C19H14F3N5O2S. The molecule has 1 aromatic carbocycles. The molecule has 2 amide bonds. The van der Waals surface area contributed by atoms with Crippen molar-refractivity contribution in [2.24, 2.45) is 0 Å². The second-order valence-electron chi connectivity index (χ2n) is 6.45. The van der Waals surface area contributed by atoms with Gasteiger partial charge in [-0.15, -0.1) is 0 Å². The first-order valence-electron chi connectivity index (χ1n) is 8.84. The maximum atomic E-state index is 13.3. The highest BCUT2D eigenvalue weighted by Crippen LogP contribution is 2.34. The van der Waals surface area contributed by atoms with E-state index in [1.165, 1.54) is 53.0 Å². The Morgan fingerprint density at radius 1 is 1.17 bits per heavy atom. The Labute approximate surface area is 172 Å². The molecule has 0 saturated carbocycles. The third-order valence-electron chi connectivity index (χ3n) is 4.50. The van der Waals surface area contributed by atoms with Gasteiger partial charge in [-0.2, -0.15) is 13.2 Å². The second-order valence-corrected chi connectivity index (χ2v) is 7.54. The summed E-state index contributed by atoms with van der Waals surface area (Å²) in [5.74, 6) is -1.16. The molecule has 2 aromatic heterocycles. The van der Waals surface area contributed by atoms with Crippen LogP contribution in [0.15, 0.2) is 42.9 Å². The number of hydrogen-bond donors (Lipinski definition) is 1. The number of alkyl halides is 3. The van der Waals surface area contributed by atoms with Gasteiger partial charge in [-0.3, -0.25) is 19.9 Å². The number of carbonyl (C=O) groups is 2. The number of nitrogens with zero attached hydrogens (tertiary/aromatic N) is 4. The zero-order valence-electron chi connectivity index (χ0n) is 15.3. The highest BCUT2D eigenvalue weighted by Gasteiger charge is 2.36. The van der Waals surface area contributed by atoms with Crippen LogP contribution in [0.25, 0.3) is 0 Å². The predicted octanol–water partition coefficient (Wildman–Crippen LogP) is 3.40. The quantitative estimate of drug-likeness (QED) is 0.684. The highest BCUT2D eigenvalue weighted by atomic mass is 32.1. The lowest BCUT2D eigenvalue weighted by Crippen LogP contribution is -2.36. The van der Waals surface area contributed by atoms with Crippen LogP contribution in [-0.4, -0.2) is 38.2 Å². The van der Waals surface area contributed by atoms with Crippen molar-refractivity contribution < 1.29 is 22.8 Å². The number of aromatic nitrogens is 3. The van der Waals surface area contributed by atoms with E-state index in [0.29, 0.717) is 22.1 Å². The highest BCUT2D eigenvalue weighted by molar-refractivity contribution is 7.15. The lowest BCUT2D eigenvalue weighted by Gasteiger charge is -2.27. The van der Waals surface area contributed by atoms with E-state index < -0.39 is 23.6 Å². The van der Waals surface area contributed by atoms with E-state index in [0.717, 1.165) is 6.07 Å². The van der Waals surface area contributed by atoms with Crippen molar-refractivity contribution in [3.8, 4) is 0 Å². The van der Waals surface area contributed by atoms with Crippen molar-refractivity contribution in [1.29, 1.82) is 0 Å². The Kier molecular flexibility index (Phi) is 5.20. The molecule has 30 heavy (non-hydrogen) atoms. The summed E-state index contributed by atoms with van der Waals surface area (Å²) >= 11 is 1.18. The van der Waals surface area contributed by atoms with Crippen LogP contribution in [-0.2, 0) is 19.1 Å². The first-order chi connectivity index (χ1) is 14.3. The molecule has 0 saturated heterocycles. The zero-order chi connectivity index (χ0) is 21.3. The van der Waals surface area contributed by atoms with E-state index >= 15 is 0 Å². The minimum absolute atomic E-state index is 0.124. The molecule has 0 fully saturated rings. The predicted molar refractivity (Wildman–Crippen MR) is 102 cm³/mol. The summed E-state index contributed by atoms with van der Waals surface area (Å²) in [6, 6.07) is 4.74. The minimum atomic E-state index is -4.62. The maximum absolute atomic E-state index is 13.3. The Morgan fingerprint density at radius 3 is 2.70 bits per heavy atom. The summed E-state index contributed by atoms with van der Waals surface area (Å²) in [6.45, 7) is 0.359. The van der Waals surface area contributed by atoms with Crippen molar-refractivity contribution in [3.05, 3.63) is 70.2 Å². The van der Waals surface area contributed by atoms with Gasteiger partial charge in [0.05, 0.1) is 29.6 Å².